The minimum Gasteiger partial charge on any atom is -0.456 e. The Balaban J connectivity index is 2.10. The average molecular weight is 360 g/mol. The fourth-order valence-electron chi connectivity index (χ4n) is 2.01. The minimum atomic E-state index is -0.475. The summed E-state index contributed by atoms with van der Waals surface area (Å²) in [4.78, 5) is 22.9. The predicted octanol–water partition coefficient (Wildman–Crippen LogP) is 4.32. The third kappa shape index (κ3) is 5.29. The van der Waals surface area contributed by atoms with E-state index in [1.54, 1.807) is 24.7 Å². The van der Waals surface area contributed by atoms with E-state index in [4.69, 9.17) is 16.3 Å². The number of aliphatic imine (C=N–C) groups is 1. The molecule has 25 heavy (non-hydrogen) atoms. The maximum atomic E-state index is 12.3. The topological polar surface area (TPSA) is 54.8 Å². The molecule has 0 atom stereocenters. The molecule has 0 radical (unpaired) electrons. The number of carbonyl (C=O) groups is 1. The number of hydrogen-bond donors (Lipinski definition) is 0. The molecule has 0 saturated carbocycles. The summed E-state index contributed by atoms with van der Waals surface area (Å²) in [6.45, 7) is 6.83. The summed E-state index contributed by atoms with van der Waals surface area (Å²) in [5.41, 5.74) is 3.65. The van der Waals surface area contributed by atoms with E-state index < -0.39 is 5.97 Å². The Morgan fingerprint density at radius 1 is 1.36 bits per heavy atom. The Labute approximate surface area is 153 Å². The molecule has 1 aromatic heterocycles. The molecular weight excluding hydrogens is 338 g/mol. The van der Waals surface area contributed by atoms with Gasteiger partial charge < -0.3 is 9.64 Å². The van der Waals surface area contributed by atoms with Gasteiger partial charge in [0.1, 0.15) is 6.61 Å². The number of aromatic nitrogens is 1. The summed E-state index contributed by atoms with van der Waals surface area (Å²) in [7, 11) is 1.94. The van der Waals surface area contributed by atoms with Crippen LogP contribution in [-0.2, 0) is 11.3 Å². The molecule has 0 aliphatic carbocycles. The van der Waals surface area contributed by atoms with Crippen LogP contribution in [0.2, 0.25) is 5.02 Å². The van der Waals surface area contributed by atoms with Crippen molar-refractivity contribution >= 4 is 29.6 Å². The molecule has 5 nitrogen and oxygen atoms in total. The molecule has 0 spiro atoms. The van der Waals surface area contributed by atoms with Crippen LogP contribution in [0.1, 0.15) is 34.1 Å². The molecule has 0 N–H and O–H groups in total. The first-order valence-electron chi connectivity index (χ1n) is 8.04. The van der Waals surface area contributed by atoms with Gasteiger partial charge in [-0.1, -0.05) is 17.7 Å². The second-order valence-electron chi connectivity index (χ2n) is 5.84. The number of hydrogen-bond acceptors (Lipinski definition) is 4. The molecule has 0 aliphatic heterocycles. The summed E-state index contributed by atoms with van der Waals surface area (Å²) in [6.07, 6.45) is 3.47. The molecule has 0 aliphatic rings. The number of aryl methyl sites for hydroxylation is 2. The number of carbonyl (C=O) groups excluding carboxylic acids is 1. The Morgan fingerprint density at radius 3 is 2.76 bits per heavy atom. The SMILES string of the molecule is CCN(C)/C=N/c1cc(Cl)c(C(=O)OCc2ccc(C)cn2)cc1C. The molecule has 2 aromatic rings. The fraction of sp³-hybridized carbons (Fsp3) is 0.316. The molecule has 0 saturated heterocycles. The first-order chi connectivity index (χ1) is 11.9. The van der Waals surface area contributed by atoms with Gasteiger partial charge in [-0.25, -0.2) is 9.79 Å². The Kier molecular flexibility index (Phi) is 6.53. The van der Waals surface area contributed by atoms with Crippen molar-refractivity contribution < 1.29 is 9.53 Å². The Bertz CT molecular complexity index is 773. The maximum Gasteiger partial charge on any atom is 0.340 e. The van der Waals surface area contributed by atoms with Crippen LogP contribution < -0.4 is 0 Å². The van der Waals surface area contributed by atoms with Crippen molar-refractivity contribution in [3.05, 3.63) is 57.9 Å². The van der Waals surface area contributed by atoms with E-state index in [-0.39, 0.29) is 6.61 Å². The van der Waals surface area contributed by atoms with E-state index in [0.717, 1.165) is 23.4 Å². The number of ether oxygens (including phenoxy) is 1. The van der Waals surface area contributed by atoms with Crippen molar-refractivity contribution in [2.75, 3.05) is 13.6 Å². The summed E-state index contributed by atoms with van der Waals surface area (Å²) >= 11 is 6.24. The molecule has 132 valence electrons. The van der Waals surface area contributed by atoms with Gasteiger partial charge in [0.05, 0.1) is 28.3 Å². The lowest BCUT2D eigenvalue weighted by atomic mass is 10.1. The number of nitrogens with zero attached hydrogens (tertiary/aromatic N) is 3. The lowest BCUT2D eigenvalue weighted by Gasteiger charge is -2.11. The monoisotopic (exact) mass is 359 g/mol. The first-order valence-corrected chi connectivity index (χ1v) is 8.41. The van der Waals surface area contributed by atoms with Crippen molar-refractivity contribution in [1.29, 1.82) is 0 Å². The minimum absolute atomic E-state index is 0.107. The third-order valence-electron chi connectivity index (χ3n) is 3.72. The van der Waals surface area contributed by atoms with Crippen LogP contribution in [0.25, 0.3) is 0 Å². The fourth-order valence-corrected chi connectivity index (χ4v) is 2.25. The van der Waals surface area contributed by atoms with E-state index in [0.29, 0.717) is 16.3 Å². The van der Waals surface area contributed by atoms with Gasteiger partial charge in [-0.3, -0.25) is 4.98 Å². The van der Waals surface area contributed by atoms with Crippen molar-refractivity contribution in [2.24, 2.45) is 4.99 Å². The zero-order valence-corrected chi connectivity index (χ0v) is 15.7. The zero-order valence-electron chi connectivity index (χ0n) is 14.9. The van der Waals surface area contributed by atoms with Crippen LogP contribution in [0, 0.1) is 13.8 Å². The van der Waals surface area contributed by atoms with Gasteiger partial charge in [0.25, 0.3) is 0 Å². The lowest BCUT2D eigenvalue weighted by molar-refractivity contribution is 0.0468. The summed E-state index contributed by atoms with van der Waals surface area (Å²) in [5, 5.41) is 0.318. The van der Waals surface area contributed by atoms with E-state index in [1.807, 2.05) is 44.9 Å². The second kappa shape index (κ2) is 8.62. The van der Waals surface area contributed by atoms with Crippen molar-refractivity contribution in [1.82, 2.24) is 9.88 Å². The van der Waals surface area contributed by atoms with Crippen molar-refractivity contribution in [3.8, 4) is 0 Å². The molecule has 0 amide bonds. The zero-order chi connectivity index (χ0) is 18.4. The van der Waals surface area contributed by atoms with E-state index in [2.05, 4.69) is 9.98 Å². The Hall–Kier alpha value is -2.40. The highest BCUT2D eigenvalue weighted by molar-refractivity contribution is 6.33. The maximum absolute atomic E-state index is 12.3. The van der Waals surface area contributed by atoms with E-state index in [9.17, 15) is 4.79 Å². The smallest absolute Gasteiger partial charge is 0.340 e. The number of halogens is 1. The molecule has 0 unspecified atom stereocenters. The first kappa shape index (κ1) is 18.9. The van der Waals surface area contributed by atoms with Gasteiger partial charge in [-0.05, 0) is 50.1 Å². The molecule has 0 bridgehead atoms. The highest BCUT2D eigenvalue weighted by Crippen LogP contribution is 2.27. The van der Waals surface area contributed by atoms with E-state index >= 15 is 0 Å². The number of pyridine rings is 1. The number of rotatable bonds is 6. The molecule has 1 aromatic carbocycles. The quantitative estimate of drug-likeness (QED) is 0.438. The Morgan fingerprint density at radius 2 is 2.12 bits per heavy atom. The molecule has 2 rings (SSSR count). The normalized spacial score (nSPS) is 10.9. The third-order valence-corrected chi connectivity index (χ3v) is 4.03. The van der Waals surface area contributed by atoms with Gasteiger partial charge in [0.2, 0.25) is 0 Å². The van der Waals surface area contributed by atoms with Crippen LogP contribution in [-0.4, -0.2) is 35.8 Å². The molecular formula is C19H22ClN3O2. The summed E-state index contributed by atoms with van der Waals surface area (Å²) < 4.78 is 5.31. The van der Waals surface area contributed by atoms with Gasteiger partial charge in [-0.2, -0.15) is 0 Å². The number of esters is 1. The second-order valence-corrected chi connectivity index (χ2v) is 6.25. The molecule has 0 fully saturated rings. The molecule has 6 heteroatoms. The summed E-state index contributed by atoms with van der Waals surface area (Å²) in [5.74, 6) is -0.475. The lowest BCUT2D eigenvalue weighted by Crippen LogP contribution is -2.14. The average Bonchev–Trinajstić information content (AvgIpc) is 2.61. The predicted molar refractivity (Wildman–Crippen MR) is 101 cm³/mol. The number of benzene rings is 1. The van der Waals surface area contributed by atoms with Crippen molar-refractivity contribution in [2.45, 2.75) is 27.4 Å². The van der Waals surface area contributed by atoms with Crippen LogP contribution in [0.5, 0.6) is 0 Å². The van der Waals surface area contributed by atoms with Gasteiger partial charge in [0.15, 0.2) is 0 Å². The van der Waals surface area contributed by atoms with Gasteiger partial charge in [-0.15, -0.1) is 0 Å². The van der Waals surface area contributed by atoms with E-state index in [1.165, 1.54) is 0 Å². The van der Waals surface area contributed by atoms with Gasteiger partial charge >= 0.3 is 5.97 Å². The van der Waals surface area contributed by atoms with Crippen LogP contribution in [0.3, 0.4) is 0 Å². The van der Waals surface area contributed by atoms with Crippen LogP contribution in [0.4, 0.5) is 5.69 Å². The van der Waals surface area contributed by atoms with Crippen LogP contribution >= 0.6 is 11.6 Å². The highest BCUT2D eigenvalue weighted by atomic mass is 35.5. The highest BCUT2D eigenvalue weighted by Gasteiger charge is 2.15. The van der Waals surface area contributed by atoms with Gasteiger partial charge in [0, 0.05) is 19.8 Å². The summed E-state index contributed by atoms with van der Waals surface area (Å²) in [6, 6.07) is 7.13. The standard InChI is InChI=1S/C19H22ClN3O2/c1-5-23(4)12-22-18-9-17(20)16(8-14(18)3)19(24)25-11-15-7-6-13(2)10-21-15/h6-10,12H,5,11H2,1-4H3/b22-12+. The van der Waals surface area contributed by atoms with Crippen LogP contribution in [0.15, 0.2) is 35.5 Å². The molecule has 1 heterocycles. The largest absolute Gasteiger partial charge is 0.456 e. The van der Waals surface area contributed by atoms with Crippen molar-refractivity contribution in [3.63, 3.8) is 0 Å².